The molecule has 1 amide bonds. The van der Waals surface area contributed by atoms with Crippen molar-refractivity contribution in [2.75, 3.05) is 0 Å². The first-order valence-corrected chi connectivity index (χ1v) is 7.80. The summed E-state index contributed by atoms with van der Waals surface area (Å²) in [5.41, 5.74) is 4.65. The Morgan fingerprint density at radius 1 is 1.36 bits per heavy atom. The maximum atomic E-state index is 12.6. The quantitative estimate of drug-likeness (QED) is 0.567. The van der Waals surface area contributed by atoms with Gasteiger partial charge in [0.25, 0.3) is 5.91 Å². The molecule has 0 bridgehead atoms. The molecule has 25 heavy (non-hydrogen) atoms. The number of hydrogen-bond donors (Lipinski definition) is 2. The maximum absolute atomic E-state index is 12.6. The summed E-state index contributed by atoms with van der Waals surface area (Å²) in [7, 11) is 0. The van der Waals surface area contributed by atoms with Crippen LogP contribution in [0.3, 0.4) is 0 Å². The van der Waals surface area contributed by atoms with Crippen molar-refractivity contribution < 1.29 is 4.79 Å². The largest absolute Gasteiger partial charge is 0.346 e. The smallest absolute Gasteiger partial charge is 0.252 e. The predicted molar refractivity (Wildman–Crippen MR) is 95.1 cm³/mol. The van der Waals surface area contributed by atoms with Crippen LogP contribution < -0.4 is 5.32 Å². The van der Waals surface area contributed by atoms with E-state index in [0.29, 0.717) is 17.7 Å². The summed E-state index contributed by atoms with van der Waals surface area (Å²) in [5.74, 6) is 2.35. The summed E-state index contributed by atoms with van der Waals surface area (Å²) in [4.78, 5) is 17.1. The number of fused-ring (bicyclic) bond motifs is 2. The third-order valence-corrected chi connectivity index (χ3v) is 4.05. The van der Waals surface area contributed by atoms with Gasteiger partial charge in [-0.1, -0.05) is 12.0 Å². The number of aromatic amines is 1. The Balaban J connectivity index is 1.59. The highest BCUT2D eigenvalue weighted by Crippen LogP contribution is 2.19. The minimum absolute atomic E-state index is 0.211. The van der Waals surface area contributed by atoms with Crippen molar-refractivity contribution in [1.29, 1.82) is 0 Å². The lowest BCUT2D eigenvalue weighted by Crippen LogP contribution is -2.23. The Morgan fingerprint density at radius 3 is 3.08 bits per heavy atom. The first kappa shape index (κ1) is 15.0. The van der Waals surface area contributed by atoms with Gasteiger partial charge in [-0.2, -0.15) is 5.10 Å². The second-order valence-electron chi connectivity index (χ2n) is 5.89. The minimum Gasteiger partial charge on any atom is -0.346 e. The molecular weight excluding hydrogens is 314 g/mol. The molecule has 0 saturated carbocycles. The van der Waals surface area contributed by atoms with E-state index in [9.17, 15) is 4.79 Å². The zero-order valence-electron chi connectivity index (χ0n) is 13.6. The van der Waals surface area contributed by atoms with Crippen LogP contribution in [0.5, 0.6) is 0 Å². The number of imidazole rings is 1. The number of amides is 1. The van der Waals surface area contributed by atoms with Gasteiger partial charge in [0.1, 0.15) is 5.65 Å². The molecule has 0 unspecified atom stereocenters. The second-order valence-corrected chi connectivity index (χ2v) is 5.89. The third kappa shape index (κ3) is 2.72. The Kier molecular flexibility index (Phi) is 3.47. The van der Waals surface area contributed by atoms with Crippen LogP contribution in [0.25, 0.3) is 16.6 Å². The molecule has 4 aromatic rings. The molecule has 3 heterocycles. The van der Waals surface area contributed by atoms with Crippen molar-refractivity contribution in [3.05, 3.63) is 65.2 Å². The number of H-pyrrole nitrogens is 1. The van der Waals surface area contributed by atoms with Crippen molar-refractivity contribution >= 4 is 22.5 Å². The molecule has 4 rings (SSSR count). The van der Waals surface area contributed by atoms with Crippen molar-refractivity contribution in [1.82, 2.24) is 24.9 Å². The van der Waals surface area contributed by atoms with Crippen LogP contribution in [0.1, 0.15) is 27.2 Å². The number of hydrogen-bond acceptors (Lipinski definition) is 3. The van der Waals surface area contributed by atoms with Crippen molar-refractivity contribution in [3.8, 4) is 12.3 Å². The van der Waals surface area contributed by atoms with E-state index in [1.54, 1.807) is 18.3 Å². The Hall–Kier alpha value is -3.59. The van der Waals surface area contributed by atoms with Crippen LogP contribution >= 0.6 is 0 Å². The summed E-state index contributed by atoms with van der Waals surface area (Å²) in [6.07, 6.45) is 11.0. The van der Waals surface area contributed by atoms with E-state index in [2.05, 4.69) is 26.4 Å². The fourth-order valence-corrected chi connectivity index (χ4v) is 2.83. The minimum atomic E-state index is -0.211. The summed E-state index contributed by atoms with van der Waals surface area (Å²) in [6, 6.07) is 7.45. The van der Waals surface area contributed by atoms with Gasteiger partial charge in [0.15, 0.2) is 0 Å². The molecule has 0 spiro atoms. The summed E-state index contributed by atoms with van der Waals surface area (Å²) < 4.78 is 1.95. The predicted octanol–water partition coefficient (Wildman–Crippen LogP) is 2.43. The average molecular weight is 329 g/mol. The van der Waals surface area contributed by atoms with E-state index < -0.39 is 0 Å². The number of rotatable bonds is 3. The van der Waals surface area contributed by atoms with Gasteiger partial charge in [-0.3, -0.25) is 9.89 Å². The molecule has 122 valence electrons. The Bertz CT molecular complexity index is 1150. The fourth-order valence-electron chi connectivity index (χ4n) is 2.83. The highest BCUT2D eigenvalue weighted by Gasteiger charge is 2.13. The fraction of sp³-hybridized carbons (Fsp3) is 0.105. The molecule has 2 N–H and O–H groups in total. The SMILES string of the molecule is C#Cc1cc(C(=O)NCc2cn3cc(C)ccc3n2)c2cn[nH]c2c1. The lowest BCUT2D eigenvalue weighted by Gasteiger charge is -2.05. The molecule has 6 nitrogen and oxygen atoms in total. The second kappa shape index (κ2) is 5.80. The summed E-state index contributed by atoms with van der Waals surface area (Å²) in [6.45, 7) is 2.36. The van der Waals surface area contributed by atoms with Gasteiger partial charge in [0, 0.05) is 23.3 Å². The number of nitrogens with zero attached hydrogens (tertiary/aromatic N) is 3. The van der Waals surface area contributed by atoms with E-state index in [1.165, 1.54) is 0 Å². The Morgan fingerprint density at radius 2 is 2.24 bits per heavy atom. The summed E-state index contributed by atoms with van der Waals surface area (Å²) >= 11 is 0. The van der Waals surface area contributed by atoms with Gasteiger partial charge in [-0.05, 0) is 30.7 Å². The molecule has 0 fully saturated rings. The van der Waals surface area contributed by atoms with E-state index in [-0.39, 0.29) is 5.91 Å². The van der Waals surface area contributed by atoms with Crippen LogP contribution in [0.2, 0.25) is 0 Å². The van der Waals surface area contributed by atoms with Crippen molar-refractivity contribution in [2.45, 2.75) is 13.5 Å². The number of terminal acetylenes is 1. The molecule has 0 saturated heterocycles. The van der Waals surface area contributed by atoms with Crippen LogP contribution in [-0.4, -0.2) is 25.5 Å². The normalized spacial score (nSPS) is 10.9. The lowest BCUT2D eigenvalue weighted by molar-refractivity contribution is 0.0952. The van der Waals surface area contributed by atoms with Gasteiger partial charge in [-0.25, -0.2) is 4.98 Å². The van der Waals surface area contributed by atoms with Gasteiger partial charge < -0.3 is 9.72 Å². The number of pyridine rings is 1. The zero-order chi connectivity index (χ0) is 17.4. The molecule has 3 aromatic heterocycles. The molecule has 0 aliphatic carbocycles. The van der Waals surface area contributed by atoms with Crippen molar-refractivity contribution in [2.24, 2.45) is 0 Å². The number of carbonyl (C=O) groups excluding carboxylic acids is 1. The molecule has 0 atom stereocenters. The molecular formula is C19H15N5O. The van der Waals surface area contributed by atoms with Gasteiger partial charge >= 0.3 is 0 Å². The van der Waals surface area contributed by atoms with Crippen LogP contribution in [0, 0.1) is 19.3 Å². The lowest BCUT2D eigenvalue weighted by atomic mass is 10.1. The highest BCUT2D eigenvalue weighted by atomic mass is 16.1. The standard InChI is InChI=1S/C19H15N5O/c1-3-13-6-15(16-9-21-23-17(16)7-13)19(25)20-8-14-11-24-10-12(2)4-5-18(24)22-14/h1,4-7,9-11H,8H2,2H3,(H,20,25)(H,21,23). The van der Waals surface area contributed by atoms with Gasteiger partial charge in [0.2, 0.25) is 0 Å². The van der Waals surface area contributed by atoms with Gasteiger partial charge in [0.05, 0.1) is 29.5 Å². The zero-order valence-corrected chi connectivity index (χ0v) is 13.6. The highest BCUT2D eigenvalue weighted by molar-refractivity contribution is 6.06. The third-order valence-electron chi connectivity index (χ3n) is 4.05. The molecule has 0 radical (unpaired) electrons. The van der Waals surface area contributed by atoms with E-state index in [4.69, 9.17) is 6.42 Å². The first-order chi connectivity index (χ1) is 12.1. The molecule has 0 aliphatic heterocycles. The Labute approximate surface area is 143 Å². The van der Waals surface area contributed by atoms with Crippen molar-refractivity contribution in [3.63, 3.8) is 0 Å². The molecule has 1 aromatic carbocycles. The number of nitrogens with one attached hydrogen (secondary N) is 2. The van der Waals surface area contributed by atoms with E-state index in [0.717, 1.165) is 27.8 Å². The molecule has 0 aliphatic rings. The topological polar surface area (TPSA) is 75.1 Å². The van der Waals surface area contributed by atoms with Gasteiger partial charge in [-0.15, -0.1) is 6.42 Å². The van der Waals surface area contributed by atoms with E-state index in [1.807, 2.05) is 35.9 Å². The number of aryl methyl sites for hydroxylation is 1. The van der Waals surface area contributed by atoms with Crippen LogP contribution in [0.4, 0.5) is 0 Å². The number of carbonyl (C=O) groups is 1. The first-order valence-electron chi connectivity index (χ1n) is 7.80. The maximum Gasteiger partial charge on any atom is 0.252 e. The van der Waals surface area contributed by atoms with Crippen LogP contribution in [0.15, 0.2) is 42.9 Å². The van der Waals surface area contributed by atoms with Crippen LogP contribution in [-0.2, 0) is 6.54 Å². The monoisotopic (exact) mass is 329 g/mol. The van der Waals surface area contributed by atoms with E-state index >= 15 is 0 Å². The number of aromatic nitrogens is 4. The molecule has 6 heteroatoms. The summed E-state index contributed by atoms with van der Waals surface area (Å²) in [5, 5.41) is 10.5. The number of benzene rings is 1. The average Bonchev–Trinajstić information content (AvgIpc) is 3.24.